The van der Waals surface area contributed by atoms with Crippen molar-refractivity contribution < 1.29 is 4.74 Å². The topological polar surface area (TPSA) is 21.3 Å². The monoisotopic (exact) mass is 197 g/mol. The summed E-state index contributed by atoms with van der Waals surface area (Å²) in [5.74, 6) is 0. The number of nitrogens with one attached hydrogen (secondary N) is 1. The Morgan fingerprint density at radius 2 is 1.90 bits per heavy atom. The minimum absolute atomic E-state index is 0.523. The molecule has 1 aliphatic heterocycles. The molecule has 0 unspecified atom stereocenters. The Morgan fingerprint density at radius 1 is 1.30 bits per heavy atom. The molecule has 1 heterocycles. The van der Waals surface area contributed by atoms with Crippen LogP contribution in [0.4, 0.5) is 0 Å². The molecule has 0 amide bonds. The normalized spacial score (nSPS) is 21.7. The predicted molar refractivity (Wildman–Crippen MR) is 50.5 cm³/mol. The number of hydrogen-bond donors (Lipinski definition) is 2. The average molecular weight is 197 g/mol. The predicted octanol–water partition coefficient (Wildman–Crippen LogP) is -0.0556. The van der Waals surface area contributed by atoms with Crippen molar-refractivity contribution >= 4 is 30.6 Å². The third kappa shape index (κ3) is 3.21. The van der Waals surface area contributed by atoms with Crippen LogP contribution in [0.25, 0.3) is 0 Å². The van der Waals surface area contributed by atoms with Gasteiger partial charge in [-0.1, -0.05) is 0 Å². The molecule has 10 heavy (non-hydrogen) atoms. The number of rotatable bonds is 2. The smallest absolute Gasteiger partial charge is 0.0481 e. The van der Waals surface area contributed by atoms with Crippen LogP contribution in [0.15, 0.2) is 0 Å². The van der Waals surface area contributed by atoms with Gasteiger partial charge in [0.25, 0.3) is 0 Å². The third-order valence-electron chi connectivity index (χ3n) is 1.51. The molecule has 0 spiro atoms. The fourth-order valence-corrected chi connectivity index (χ4v) is 2.43. The van der Waals surface area contributed by atoms with Gasteiger partial charge in [-0.15, -0.1) is 0 Å². The summed E-state index contributed by atoms with van der Waals surface area (Å²) in [7, 11) is -0.762. The lowest BCUT2D eigenvalue weighted by molar-refractivity contribution is 0.0838. The molecule has 1 aliphatic rings. The van der Waals surface area contributed by atoms with Crippen molar-refractivity contribution in [3.63, 3.8) is 0 Å². The molecule has 1 rings (SSSR count). The first kappa shape index (κ1) is 8.80. The lowest BCUT2D eigenvalue weighted by atomic mass is 10.1. The Morgan fingerprint density at radius 3 is 2.40 bits per heavy atom. The lowest BCUT2D eigenvalue weighted by Gasteiger charge is -2.21. The molecule has 5 heteroatoms. The van der Waals surface area contributed by atoms with Crippen LogP contribution in [-0.4, -0.2) is 19.3 Å². The maximum Gasteiger partial charge on any atom is 0.0481 e. The van der Waals surface area contributed by atoms with E-state index in [0.29, 0.717) is 6.04 Å². The minimum Gasteiger partial charge on any atom is -0.381 e. The zero-order valence-corrected chi connectivity index (χ0v) is 8.11. The summed E-state index contributed by atoms with van der Waals surface area (Å²) < 4.78 is 8.38. The fraction of sp³-hybridized carbons (Fsp3) is 1.00. The molecule has 0 radical (unpaired) electrons. The van der Waals surface area contributed by atoms with Gasteiger partial charge < -0.3 is 4.74 Å². The van der Waals surface area contributed by atoms with Crippen LogP contribution >= 0.6 is 0 Å². The molecule has 0 aromatic carbocycles. The third-order valence-corrected chi connectivity index (χ3v) is 2.72. The van der Waals surface area contributed by atoms with E-state index in [-0.39, 0.29) is 0 Å². The highest BCUT2D eigenvalue weighted by Crippen LogP contribution is 2.05. The largest absolute Gasteiger partial charge is 0.381 e. The summed E-state index contributed by atoms with van der Waals surface area (Å²) in [5, 5.41) is 0. The molecule has 2 nitrogen and oxygen atoms in total. The Hall–Kier alpha value is 0.710. The highest BCUT2D eigenvalue weighted by molar-refractivity contribution is 8.45. The van der Waals surface area contributed by atoms with Gasteiger partial charge in [0.15, 0.2) is 0 Å². The zero-order chi connectivity index (χ0) is 7.40. The standard InChI is InChI=1S/C5H11NOS3/c8-10(9)6-5-1-3-7-4-2-5/h5,10H,1-4H2,(H,6,8,9). The molecular weight excluding hydrogens is 186 g/mol. The van der Waals surface area contributed by atoms with Crippen LogP contribution in [0, 0.1) is 0 Å². The Labute approximate surface area is 72.3 Å². The summed E-state index contributed by atoms with van der Waals surface area (Å²) in [4.78, 5) is 0. The van der Waals surface area contributed by atoms with Crippen molar-refractivity contribution in [2.75, 3.05) is 13.2 Å². The van der Waals surface area contributed by atoms with Crippen LogP contribution in [0.3, 0.4) is 0 Å². The molecule has 0 atom stereocenters. The maximum atomic E-state index is 5.18. The van der Waals surface area contributed by atoms with Gasteiger partial charge in [-0.2, -0.15) is 0 Å². The summed E-state index contributed by atoms with van der Waals surface area (Å²) >= 11 is 9.77. The van der Waals surface area contributed by atoms with Gasteiger partial charge in [-0.25, -0.2) is 0 Å². The first-order valence-electron chi connectivity index (χ1n) is 3.27. The highest BCUT2D eigenvalue weighted by Gasteiger charge is 2.11. The molecular formula is C5H11NOS3. The van der Waals surface area contributed by atoms with E-state index in [9.17, 15) is 0 Å². The van der Waals surface area contributed by atoms with E-state index in [1.807, 2.05) is 0 Å². The van der Waals surface area contributed by atoms with Crippen molar-refractivity contribution in [1.29, 1.82) is 0 Å². The summed E-state index contributed by atoms with van der Waals surface area (Å²) in [6.45, 7) is 1.71. The maximum absolute atomic E-state index is 5.18. The van der Waals surface area contributed by atoms with Gasteiger partial charge in [0.05, 0.1) is 0 Å². The van der Waals surface area contributed by atoms with Crippen LogP contribution in [0.2, 0.25) is 0 Å². The average Bonchev–Trinajstić information content (AvgIpc) is 1.88. The Bertz CT molecular complexity index is 154. The SMILES string of the molecule is S=[SH](=S)NC1CCOCC1. The summed E-state index contributed by atoms with van der Waals surface area (Å²) in [6.07, 6.45) is 2.12. The number of ether oxygens (including phenoxy) is 1. The van der Waals surface area contributed by atoms with Crippen molar-refractivity contribution in [1.82, 2.24) is 4.72 Å². The second kappa shape index (κ2) is 4.56. The molecule has 0 bridgehead atoms. The quantitative estimate of drug-likeness (QED) is 0.605. The van der Waals surface area contributed by atoms with E-state index >= 15 is 0 Å². The molecule has 60 valence electrons. The van der Waals surface area contributed by atoms with Crippen molar-refractivity contribution in [3.8, 4) is 0 Å². The van der Waals surface area contributed by atoms with Gasteiger partial charge in [0.2, 0.25) is 0 Å². The molecule has 0 saturated carbocycles. The molecule has 1 fully saturated rings. The van der Waals surface area contributed by atoms with E-state index < -0.39 is 8.20 Å². The van der Waals surface area contributed by atoms with E-state index in [1.165, 1.54) is 0 Å². The number of thiol groups is 1. The second-order valence-electron chi connectivity index (χ2n) is 2.27. The molecule has 1 saturated heterocycles. The molecule has 0 aromatic heterocycles. The Balaban J connectivity index is 2.26. The summed E-state index contributed by atoms with van der Waals surface area (Å²) in [5.41, 5.74) is 0. The van der Waals surface area contributed by atoms with E-state index in [1.54, 1.807) is 0 Å². The molecule has 0 aromatic rings. The zero-order valence-electron chi connectivity index (χ0n) is 5.58. The Kier molecular flexibility index (Phi) is 4.01. The fourth-order valence-electron chi connectivity index (χ4n) is 0.976. The second-order valence-corrected chi connectivity index (χ2v) is 5.93. The summed E-state index contributed by atoms with van der Waals surface area (Å²) in [6, 6.07) is 0.523. The van der Waals surface area contributed by atoms with Crippen LogP contribution in [0.5, 0.6) is 0 Å². The van der Waals surface area contributed by atoms with Gasteiger partial charge in [0, 0.05) is 19.3 Å². The van der Waals surface area contributed by atoms with Gasteiger partial charge in [-0.05, 0) is 43.4 Å². The lowest BCUT2D eigenvalue weighted by Crippen LogP contribution is -2.33. The van der Waals surface area contributed by atoms with Crippen molar-refractivity contribution in [2.24, 2.45) is 0 Å². The van der Waals surface area contributed by atoms with Gasteiger partial charge in [0.1, 0.15) is 0 Å². The first-order chi connectivity index (χ1) is 4.79. The van der Waals surface area contributed by atoms with Crippen molar-refractivity contribution in [3.05, 3.63) is 0 Å². The van der Waals surface area contributed by atoms with Crippen LogP contribution < -0.4 is 4.72 Å². The van der Waals surface area contributed by atoms with E-state index in [4.69, 9.17) is 27.1 Å². The first-order valence-corrected chi connectivity index (χ1v) is 6.64. The number of hydrogen-bond acceptors (Lipinski definition) is 3. The van der Waals surface area contributed by atoms with Gasteiger partial charge in [-0.3, -0.25) is 4.72 Å². The van der Waals surface area contributed by atoms with Gasteiger partial charge >= 0.3 is 0 Å². The molecule has 0 aliphatic carbocycles. The minimum atomic E-state index is -0.762. The highest BCUT2D eigenvalue weighted by atomic mass is 33.1. The van der Waals surface area contributed by atoms with Crippen LogP contribution in [-0.2, 0) is 35.3 Å². The molecule has 1 N–H and O–H groups in total. The van der Waals surface area contributed by atoms with Crippen molar-refractivity contribution in [2.45, 2.75) is 18.9 Å². The van der Waals surface area contributed by atoms with E-state index in [2.05, 4.69) is 4.72 Å². The van der Waals surface area contributed by atoms with E-state index in [0.717, 1.165) is 26.1 Å². The van der Waals surface area contributed by atoms with Crippen LogP contribution in [0.1, 0.15) is 12.8 Å².